The van der Waals surface area contributed by atoms with Gasteiger partial charge in [0.1, 0.15) is 5.75 Å². The fourth-order valence-corrected chi connectivity index (χ4v) is 3.04. The quantitative estimate of drug-likeness (QED) is 0.465. The second-order valence-corrected chi connectivity index (χ2v) is 6.32. The molecule has 0 aromatic heterocycles. The lowest BCUT2D eigenvalue weighted by atomic mass is 9.99. The first-order chi connectivity index (χ1) is 13.7. The van der Waals surface area contributed by atoms with Crippen molar-refractivity contribution in [1.29, 1.82) is 0 Å². The van der Waals surface area contributed by atoms with Crippen molar-refractivity contribution in [3.8, 4) is 5.75 Å². The molecule has 0 saturated heterocycles. The number of rotatable bonds is 4. The zero-order chi connectivity index (χ0) is 19.3. The van der Waals surface area contributed by atoms with E-state index in [1.807, 2.05) is 72.8 Å². The molecule has 1 amide bonds. The molecule has 0 aliphatic heterocycles. The fraction of sp³-hybridized carbons (Fsp3) is 0. The predicted octanol–water partition coefficient (Wildman–Crippen LogP) is 5.55. The third-order valence-electron chi connectivity index (χ3n) is 4.44. The van der Waals surface area contributed by atoms with Gasteiger partial charge >= 0.3 is 0 Å². The minimum absolute atomic E-state index is 0.0909. The molecule has 136 valence electrons. The van der Waals surface area contributed by atoms with Gasteiger partial charge in [-0.2, -0.15) is 0 Å². The van der Waals surface area contributed by atoms with Crippen LogP contribution >= 0.6 is 0 Å². The summed E-state index contributed by atoms with van der Waals surface area (Å²) < 4.78 is 0. The van der Waals surface area contributed by atoms with Gasteiger partial charge in [-0.1, -0.05) is 60.7 Å². The number of phenols is 1. The van der Waals surface area contributed by atoms with Crippen molar-refractivity contribution in [2.24, 2.45) is 4.99 Å². The van der Waals surface area contributed by atoms with E-state index >= 15 is 0 Å². The maximum atomic E-state index is 12.8. The van der Waals surface area contributed by atoms with Crippen LogP contribution < -0.4 is 5.32 Å². The Labute approximate surface area is 162 Å². The number of nitrogens with one attached hydrogen (secondary N) is 1. The van der Waals surface area contributed by atoms with Gasteiger partial charge < -0.3 is 10.4 Å². The number of hydrogen-bond donors (Lipinski definition) is 2. The normalized spacial score (nSPS) is 11.0. The maximum Gasteiger partial charge on any atom is 0.259 e. The molecule has 4 aromatic rings. The standard InChI is InChI=1S/C24H18N2O2/c27-23-21(24(28)26-19-12-5-2-6-13-19)15-17-9-7-8-14-20(17)22(23)16-25-18-10-3-1-4-11-18/h1-16,27H,(H,26,28). The average molecular weight is 366 g/mol. The summed E-state index contributed by atoms with van der Waals surface area (Å²) in [6.45, 7) is 0. The largest absolute Gasteiger partial charge is 0.506 e. The predicted molar refractivity (Wildman–Crippen MR) is 114 cm³/mol. The number of aromatic hydroxyl groups is 1. The molecule has 4 aromatic carbocycles. The molecule has 0 aliphatic rings. The van der Waals surface area contributed by atoms with E-state index in [-0.39, 0.29) is 17.2 Å². The summed E-state index contributed by atoms with van der Waals surface area (Å²) in [5.74, 6) is -0.462. The SMILES string of the molecule is O=C(Nc1ccccc1)c1cc2ccccc2c(C=Nc2ccccc2)c1O. The lowest BCUT2D eigenvalue weighted by molar-refractivity contribution is 0.102. The minimum atomic E-state index is -0.371. The molecule has 0 aliphatic carbocycles. The van der Waals surface area contributed by atoms with Gasteiger partial charge in [0, 0.05) is 17.5 Å². The highest BCUT2D eigenvalue weighted by atomic mass is 16.3. The second kappa shape index (κ2) is 7.76. The number of aliphatic imine (C=N–C) groups is 1. The number of hydrogen-bond acceptors (Lipinski definition) is 3. The van der Waals surface area contributed by atoms with E-state index in [0.29, 0.717) is 11.3 Å². The number of carbonyl (C=O) groups is 1. The molecule has 0 radical (unpaired) electrons. The first-order valence-electron chi connectivity index (χ1n) is 8.92. The van der Waals surface area contributed by atoms with E-state index in [0.717, 1.165) is 16.5 Å². The van der Waals surface area contributed by atoms with Gasteiger partial charge in [-0.05, 0) is 41.1 Å². The van der Waals surface area contributed by atoms with Gasteiger partial charge in [-0.25, -0.2) is 0 Å². The Kier molecular flexibility index (Phi) is 4.85. The summed E-state index contributed by atoms with van der Waals surface area (Å²) in [6, 6.07) is 27.9. The van der Waals surface area contributed by atoms with Crippen LogP contribution in [0.1, 0.15) is 15.9 Å². The molecule has 0 saturated carbocycles. The second-order valence-electron chi connectivity index (χ2n) is 6.32. The van der Waals surface area contributed by atoms with Gasteiger partial charge in [-0.3, -0.25) is 9.79 Å². The lowest BCUT2D eigenvalue weighted by Crippen LogP contribution is -2.12. The summed E-state index contributed by atoms with van der Waals surface area (Å²) in [4.78, 5) is 17.2. The fourth-order valence-electron chi connectivity index (χ4n) is 3.04. The van der Waals surface area contributed by atoms with Crippen LogP contribution in [0.5, 0.6) is 5.75 Å². The molecule has 0 spiro atoms. The molecule has 0 fully saturated rings. The van der Waals surface area contributed by atoms with E-state index in [4.69, 9.17) is 0 Å². The Hall–Kier alpha value is -3.92. The molecule has 0 heterocycles. The molecule has 4 nitrogen and oxygen atoms in total. The van der Waals surface area contributed by atoms with Crippen LogP contribution in [0.15, 0.2) is 96.0 Å². The van der Waals surface area contributed by atoms with Gasteiger partial charge in [0.2, 0.25) is 0 Å². The Bertz CT molecular complexity index is 1150. The lowest BCUT2D eigenvalue weighted by Gasteiger charge is -2.12. The van der Waals surface area contributed by atoms with E-state index in [1.54, 1.807) is 24.4 Å². The molecule has 0 bridgehead atoms. The number of para-hydroxylation sites is 2. The van der Waals surface area contributed by atoms with Crippen LogP contribution in [0.2, 0.25) is 0 Å². The molecule has 0 unspecified atom stereocenters. The van der Waals surface area contributed by atoms with Crippen molar-refractivity contribution in [3.63, 3.8) is 0 Å². The molecule has 4 rings (SSSR count). The first-order valence-corrected chi connectivity index (χ1v) is 8.92. The number of benzene rings is 4. The van der Waals surface area contributed by atoms with Gasteiger partial charge in [0.25, 0.3) is 5.91 Å². The number of fused-ring (bicyclic) bond motifs is 1. The van der Waals surface area contributed by atoms with E-state index in [2.05, 4.69) is 10.3 Å². The van der Waals surface area contributed by atoms with Gasteiger partial charge in [-0.15, -0.1) is 0 Å². The summed E-state index contributed by atoms with van der Waals surface area (Å²) in [5.41, 5.74) is 2.15. The highest BCUT2D eigenvalue weighted by molar-refractivity contribution is 6.13. The van der Waals surface area contributed by atoms with Crippen LogP contribution in [0.4, 0.5) is 11.4 Å². The van der Waals surface area contributed by atoms with Crippen LogP contribution in [-0.4, -0.2) is 17.2 Å². The van der Waals surface area contributed by atoms with E-state index in [1.165, 1.54) is 0 Å². The third-order valence-corrected chi connectivity index (χ3v) is 4.44. The first kappa shape index (κ1) is 17.5. The van der Waals surface area contributed by atoms with Gasteiger partial charge in [0.15, 0.2) is 0 Å². The zero-order valence-corrected chi connectivity index (χ0v) is 15.0. The van der Waals surface area contributed by atoms with Crippen LogP contribution in [-0.2, 0) is 0 Å². The minimum Gasteiger partial charge on any atom is -0.506 e. The average Bonchev–Trinajstić information content (AvgIpc) is 2.74. The smallest absolute Gasteiger partial charge is 0.259 e. The molecular weight excluding hydrogens is 348 g/mol. The van der Waals surface area contributed by atoms with Crippen molar-refractivity contribution in [2.45, 2.75) is 0 Å². The number of phenolic OH excluding ortho intramolecular Hbond substituents is 1. The van der Waals surface area contributed by atoms with Crippen molar-refractivity contribution in [1.82, 2.24) is 0 Å². The summed E-state index contributed by atoms with van der Waals surface area (Å²) in [6.07, 6.45) is 1.60. The Balaban J connectivity index is 1.79. The summed E-state index contributed by atoms with van der Waals surface area (Å²) >= 11 is 0. The number of nitrogens with zero attached hydrogens (tertiary/aromatic N) is 1. The highest BCUT2D eigenvalue weighted by Crippen LogP contribution is 2.31. The number of amides is 1. The monoisotopic (exact) mass is 366 g/mol. The Morgan fingerprint density at radius 1 is 0.857 bits per heavy atom. The molecular formula is C24H18N2O2. The van der Waals surface area contributed by atoms with Crippen LogP contribution in [0.25, 0.3) is 10.8 Å². The van der Waals surface area contributed by atoms with E-state index < -0.39 is 0 Å². The maximum absolute atomic E-state index is 12.8. The van der Waals surface area contributed by atoms with Crippen molar-refractivity contribution in [3.05, 3.63) is 102 Å². The Morgan fingerprint density at radius 2 is 1.50 bits per heavy atom. The number of anilines is 1. The molecule has 0 atom stereocenters. The Morgan fingerprint density at radius 3 is 2.25 bits per heavy atom. The zero-order valence-electron chi connectivity index (χ0n) is 15.0. The topological polar surface area (TPSA) is 61.7 Å². The summed E-state index contributed by atoms with van der Waals surface area (Å²) in [7, 11) is 0. The molecule has 28 heavy (non-hydrogen) atoms. The molecule has 4 heteroatoms. The highest BCUT2D eigenvalue weighted by Gasteiger charge is 2.17. The van der Waals surface area contributed by atoms with Crippen molar-refractivity contribution < 1.29 is 9.90 Å². The van der Waals surface area contributed by atoms with Crippen LogP contribution in [0.3, 0.4) is 0 Å². The van der Waals surface area contributed by atoms with Gasteiger partial charge in [0.05, 0.1) is 11.3 Å². The van der Waals surface area contributed by atoms with Crippen LogP contribution in [0, 0.1) is 0 Å². The van der Waals surface area contributed by atoms with Crippen molar-refractivity contribution >= 4 is 34.3 Å². The molecule has 2 N–H and O–H groups in total. The summed E-state index contributed by atoms with van der Waals surface area (Å²) in [5, 5.41) is 15.4. The third kappa shape index (κ3) is 3.62. The number of carbonyl (C=O) groups excluding carboxylic acids is 1. The van der Waals surface area contributed by atoms with Crippen molar-refractivity contribution in [2.75, 3.05) is 5.32 Å². The van der Waals surface area contributed by atoms with E-state index in [9.17, 15) is 9.90 Å².